The van der Waals surface area contributed by atoms with Crippen molar-refractivity contribution in [1.29, 1.82) is 0 Å². The lowest BCUT2D eigenvalue weighted by molar-refractivity contribution is 0.0514. The Morgan fingerprint density at radius 1 is 1.43 bits per heavy atom. The Morgan fingerprint density at radius 2 is 2.14 bits per heavy atom. The molecule has 2 heteroatoms. The number of halogens is 1. The molecule has 2 unspecified atom stereocenters. The monoisotopic (exact) mass is 214 g/mol. The average molecular weight is 215 g/mol. The van der Waals surface area contributed by atoms with Crippen LogP contribution in [0.25, 0.3) is 0 Å². The van der Waals surface area contributed by atoms with Crippen LogP contribution in [0.3, 0.4) is 0 Å². The van der Waals surface area contributed by atoms with E-state index < -0.39 is 0 Å². The highest BCUT2D eigenvalue weighted by Crippen LogP contribution is 2.32. The molecule has 0 saturated heterocycles. The Balaban J connectivity index is 1.80. The fraction of sp³-hybridized carbons (Fsp3) is 0.833. The minimum absolute atomic E-state index is 0.150. The maximum absolute atomic E-state index is 6.24. The highest BCUT2D eigenvalue weighted by molar-refractivity contribution is 6.21. The molecule has 2 atom stereocenters. The highest BCUT2D eigenvalue weighted by Gasteiger charge is 2.24. The normalized spacial score (nSPS) is 30.7. The topological polar surface area (TPSA) is 9.23 Å². The van der Waals surface area contributed by atoms with Crippen LogP contribution in [0, 0.1) is 5.92 Å². The lowest BCUT2D eigenvalue weighted by atomic mass is 10.1. The average Bonchev–Trinajstić information content (AvgIpc) is 2.75. The Morgan fingerprint density at radius 3 is 2.71 bits per heavy atom. The first kappa shape index (κ1) is 10.5. The molecule has 0 N–H and O–H groups in total. The van der Waals surface area contributed by atoms with Crippen molar-refractivity contribution in [3.8, 4) is 0 Å². The number of hydrogen-bond acceptors (Lipinski definition) is 1. The summed E-state index contributed by atoms with van der Waals surface area (Å²) in [5.74, 6) is 0.762. The quantitative estimate of drug-likeness (QED) is 0.512. The molecule has 0 bridgehead atoms. The molecular weight excluding hydrogens is 196 g/mol. The van der Waals surface area contributed by atoms with Crippen molar-refractivity contribution < 1.29 is 4.74 Å². The third-order valence-corrected chi connectivity index (χ3v) is 3.66. The second-order valence-corrected chi connectivity index (χ2v) is 5.08. The molecule has 2 rings (SSSR count). The van der Waals surface area contributed by atoms with Crippen LogP contribution >= 0.6 is 11.6 Å². The van der Waals surface area contributed by atoms with Crippen molar-refractivity contribution in [3.63, 3.8) is 0 Å². The molecule has 0 amide bonds. The maximum atomic E-state index is 6.24. The van der Waals surface area contributed by atoms with Gasteiger partial charge < -0.3 is 4.74 Å². The number of rotatable bonds is 3. The van der Waals surface area contributed by atoms with Crippen molar-refractivity contribution in [2.45, 2.75) is 57.1 Å². The molecule has 1 saturated carbocycles. The Labute approximate surface area is 91.5 Å². The molecule has 2 aliphatic rings. The third kappa shape index (κ3) is 2.52. The molecule has 80 valence electrons. The van der Waals surface area contributed by atoms with E-state index in [0.717, 1.165) is 12.3 Å². The van der Waals surface area contributed by atoms with Crippen molar-refractivity contribution >= 4 is 11.6 Å². The van der Waals surface area contributed by atoms with Gasteiger partial charge in [-0.25, -0.2) is 0 Å². The van der Waals surface area contributed by atoms with E-state index in [-0.39, 0.29) is 5.56 Å². The van der Waals surface area contributed by atoms with E-state index in [1.807, 2.05) is 0 Å². The van der Waals surface area contributed by atoms with E-state index >= 15 is 0 Å². The number of alkyl halides is 1. The highest BCUT2D eigenvalue weighted by atomic mass is 35.5. The van der Waals surface area contributed by atoms with Gasteiger partial charge in [0.05, 0.1) is 6.10 Å². The van der Waals surface area contributed by atoms with Gasteiger partial charge in [0.15, 0.2) is 5.56 Å². The van der Waals surface area contributed by atoms with Crippen LogP contribution in [0.1, 0.15) is 45.4 Å². The number of hydrogen-bond donors (Lipinski definition) is 0. The third-order valence-electron chi connectivity index (χ3n) is 3.27. The van der Waals surface area contributed by atoms with Crippen LogP contribution in [0.4, 0.5) is 0 Å². The fourth-order valence-corrected chi connectivity index (χ4v) is 2.71. The minimum Gasteiger partial charge on any atom is -0.355 e. The van der Waals surface area contributed by atoms with Gasteiger partial charge >= 0.3 is 0 Å². The first-order valence-corrected chi connectivity index (χ1v) is 6.18. The molecule has 0 radical (unpaired) electrons. The Hall–Kier alpha value is -0.0100. The SMILES string of the molecule is CC1CC=C(C(Cl)OC2CCCC2)C1. The van der Waals surface area contributed by atoms with E-state index in [1.54, 1.807) is 0 Å². The molecule has 1 nitrogen and oxygen atoms in total. The summed E-state index contributed by atoms with van der Waals surface area (Å²) in [5, 5.41) is 0. The smallest absolute Gasteiger partial charge is 0.153 e. The summed E-state index contributed by atoms with van der Waals surface area (Å²) >= 11 is 6.24. The summed E-state index contributed by atoms with van der Waals surface area (Å²) in [7, 11) is 0. The van der Waals surface area contributed by atoms with Gasteiger partial charge in [0.2, 0.25) is 0 Å². The van der Waals surface area contributed by atoms with Crippen LogP contribution in [0.5, 0.6) is 0 Å². The van der Waals surface area contributed by atoms with Crippen LogP contribution in [0.2, 0.25) is 0 Å². The molecule has 1 fully saturated rings. The van der Waals surface area contributed by atoms with E-state index in [4.69, 9.17) is 16.3 Å². The second kappa shape index (κ2) is 4.67. The van der Waals surface area contributed by atoms with Crippen LogP contribution < -0.4 is 0 Å². The summed E-state index contributed by atoms with van der Waals surface area (Å²) in [6.45, 7) is 2.27. The van der Waals surface area contributed by atoms with E-state index in [1.165, 1.54) is 37.7 Å². The molecule has 0 aromatic heterocycles. The largest absolute Gasteiger partial charge is 0.355 e. The zero-order valence-electron chi connectivity index (χ0n) is 8.84. The van der Waals surface area contributed by atoms with E-state index in [0.29, 0.717) is 6.10 Å². The first-order chi connectivity index (χ1) is 6.75. The summed E-state index contributed by atoms with van der Waals surface area (Å²) < 4.78 is 5.84. The number of allylic oxidation sites excluding steroid dienone is 1. The van der Waals surface area contributed by atoms with Gasteiger partial charge in [-0.1, -0.05) is 37.4 Å². The first-order valence-electron chi connectivity index (χ1n) is 5.74. The van der Waals surface area contributed by atoms with Gasteiger partial charge in [-0.2, -0.15) is 0 Å². The van der Waals surface area contributed by atoms with Gasteiger partial charge in [-0.05, 0) is 37.2 Å². The second-order valence-electron chi connectivity index (χ2n) is 4.68. The van der Waals surface area contributed by atoms with Crippen LogP contribution in [0.15, 0.2) is 11.6 Å². The lowest BCUT2D eigenvalue weighted by Crippen LogP contribution is -2.16. The molecule has 14 heavy (non-hydrogen) atoms. The maximum Gasteiger partial charge on any atom is 0.153 e. The van der Waals surface area contributed by atoms with E-state index in [2.05, 4.69) is 13.0 Å². The van der Waals surface area contributed by atoms with Gasteiger partial charge in [0.25, 0.3) is 0 Å². The Bertz CT molecular complexity index is 218. The summed E-state index contributed by atoms with van der Waals surface area (Å²) in [4.78, 5) is 0. The van der Waals surface area contributed by atoms with Crippen molar-refractivity contribution in [2.75, 3.05) is 0 Å². The molecule has 0 aromatic carbocycles. The predicted molar refractivity (Wildman–Crippen MR) is 59.5 cm³/mol. The zero-order valence-corrected chi connectivity index (χ0v) is 9.59. The molecule has 0 aliphatic heterocycles. The van der Waals surface area contributed by atoms with Crippen LogP contribution in [-0.2, 0) is 4.74 Å². The molecule has 0 heterocycles. The molecule has 2 aliphatic carbocycles. The molecule has 0 aromatic rings. The van der Waals surface area contributed by atoms with Gasteiger partial charge in [-0.3, -0.25) is 0 Å². The number of ether oxygens (including phenoxy) is 1. The molecule has 0 spiro atoms. The van der Waals surface area contributed by atoms with Gasteiger partial charge in [0, 0.05) is 0 Å². The van der Waals surface area contributed by atoms with Crippen LogP contribution in [-0.4, -0.2) is 11.7 Å². The zero-order chi connectivity index (χ0) is 9.97. The van der Waals surface area contributed by atoms with Gasteiger partial charge in [0.1, 0.15) is 0 Å². The standard InChI is InChI=1S/C12H19ClO/c1-9-6-7-10(8-9)12(13)14-11-4-2-3-5-11/h7,9,11-12H,2-6,8H2,1H3. The fourth-order valence-electron chi connectivity index (χ4n) is 2.39. The van der Waals surface area contributed by atoms with Crippen molar-refractivity contribution in [1.82, 2.24) is 0 Å². The van der Waals surface area contributed by atoms with Crippen molar-refractivity contribution in [2.24, 2.45) is 5.92 Å². The Kier molecular flexibility index (Phi) is 3.51. The minimum atomic E-state index is -0.150. The molecular formula is C12H19ClO. The predicted octanol–water partition coefficient (Wildman–Crippen LogP) is 3.87. The van der Waals surface area contributed by atoms with E-state index in [9.17, 15) is 0 Å². The van der Waals surface area contributed by atoms with Crippen molar-refractivity contribution in [3.05, 3.63) is 11.6 Å². The summed E-state index contributed by atoms with van der Waals surface area (Å²) in [6, 6.07) is 0. The lowest BCUT2D eigenvalue weighted by Gasteiger charge is -2.18. The summed E-state index contributed by atoms with van der Waals surface area (Å²) in [6.07, 6.45) is 10.0. The van der Waals surface area contributed by atoms with Gasteiger partial charge in [-0.15, -0.1) is 0 Å². The summed E-state index contributed by atoms with van der Waals surface area (Å²) in [5.41, 5.74) is 1.16.